The van der Waals surface area contributed by atoms with Crippen molar-refractivity contribution in [3.63, 3.8) is 0 Å². The average molecular weight is 309 g/mol. The molecule has 0 bridgehead atoms. The summed E-state index contributed by atoms with van der Waals surface area (Å²) in [5, 5.41) is 0. The first kappa shape index (κ1) is 16.2. The standard InChI is InChI=1S/C17H31N3O2/c1-12-9-19(10-13(2)22-12)11-16-4-3-7-20(16)17(21)14-5-6-15(18)8-14/h12-16H,3-11,18H2,1-2H3. The first-order valence-electron chi connectivity index (χ1n) is 8.96. The molecule has 1 aliphatic carbocycles. The molecule has 22 heavy (non-hydrogen) atoms. The Labute approximate surface area is 134 Å². The topological polar surface area (TPSA) is 58.8 Å². The predicted octanol–water partition coefficient (Wildman–Crippen LogP) is 1.21. The van der Waals surface area contributed by atoms with Gasteiger partial charge < -0.3 is 15.4 Å². The number of likely N-dealkylation sites (tertiary alicyclic amines) is 1. The number of morpholine rings is 1. The number of nitrogens with zero attached hydrogens (tertiary/aromatic N) is 2. The molecule has 5 unspecified atom stereocenters. The van der Waals surface area contributed by atoms with Gasteiger partial charge in [-0.05, 0) is 46.0 Å². The lowest BCUT2D eigenvalue weighted by Crippen LogP contribution is -2.51. The molecule has 0 radical (unpaired) electrons. The lowest BCUT2D eigenvalue weighted by Gasteiger charge is -2.38. The molecule has 2 N–H and O–H groups in total. The quantitative estimate of drug-likeness (QED) is 0.851. The number of ether oxygens (including phenoxy) is 1. The van der Waals surface area contributed by atoms with E-state index in [1.807, 2.05) is 0 Å². The van der Waals surface area contributed by atoms with Crippen LogP contribution in [0.4, 0.5) is 0 Å². The maximum Gasteiger partial charge on any atom is 0.226 e. The normalized spacial score (nSPS) is 40.3. The van der Waals surface area contributed by atoms with Gasteiger partial charge in [-0.2, -0.15) is 0 Å². The fourth-order valence-corrected chi connectivity index (χ4v) is 4.52. The smallest absolute Gasteiger partial charge is 0.226 e. The van der Waals surface area contributed by atoms with Gasteiger partial charge in [-0.3, -0.25) is 9.69 Å². The van der Waals surface area contributed by atoms with Gasteiger partial charge in [-0.15, -0.1) is 0 Å². The number of hydrogen-bond acceptors (Lipinski definition) is 4. The molecule has 0 aromatic carbocycles. The number of nitrogens with two attached hydrogens (primary N) is 1. The minimum atomic E-state index is 0.179. The van der Waals surface area contributed by atoms with Gasteiger partial charge in [0.25, 0.3) is 0 Å². The van der Waals surface area contributed by atoms with Crippen molar-refractivity contribution in [2.75, 3.05) is 26.2 Å². The molecule has 5 atom stereocenters. The molecule has 0 aromatic heterocycles. The van der Waals surface area contributed by atoms with Crippen LogP contribution >= 0.6 is 0 Å². The first-order valence-corrected chi connectivity index (χ1v) is 8.96. The summed E-state index contributed by atoms with van der Waals surface area (Å²) in [6.45, 7) is 8.18. The molecule has 2 aliphatic heterocycles. The van der Waals surface area contributed by atoms with Gasteiger partial charge in [-0.1, -0.05) is 0 Å². The van der Waals surface area contributed by atoms with E-state index in [9.17, 15) is 4.79 Å². The lowest BCUT2D eigenvalue weighted by molar-refractivity contribution is -0.137. The predicted molar refractivity (Wildman–Crippen MR) is 86.5 cm³/mol. The van der Waals surface area contributed by atoms with Gasteiger partial charge in [0.15, 0.2) is 0 Å². The average Bonchev–Trinajstić information content (AvgIpc) is 3.06. The van der Waals surface area contributed by atoms with Crippen LogP contribution in [0.3, 0.4) is 0 Å². The molecule has 3 fully saturated rings. The highest BCUT2D eigenvalue weighted by atomic mass is 16.5. The van der Waals surface area contributed by atoms with Crippen molar-refractivity contribution < 1.29 is 9.53 Å². The van der Waals surface area contributed by atoms with Crippen LogP contribution in [0.1, 0.15) is 46.0 Å². The van der Waals surface area contributed by atoms with Crippen LogP contribution in [0.25, 0.3) is 0 Å². The molecular weight excluding hydrogens is 278 g/mol. The van der Waals surface area contributed by atoms with Crippen molar-refractivity contribution in [3.05, 3.63) is 0 Å². The summed E-state index contributed by atoms with van der Waals surface area (Å²) in [6, 6.07) is 0.623. The Kier molecular flexibility index (Phi) is 5.05. The zero-order chi connectivity index (χ0) is 15.7. The first-order chi connectivity index (χ1) is 10.5. The fraction of sp³-hybridized carbons (Fsp3) is 0.941. The largest absolute Gasteiger partial charge is 0.373 e. The molecule has 0 spiro atoms. The summed E-state index contributed by atoms with van der Waals surface area (Å²) in [7, 11) is 0. The molecule has 1 saturated carbocycles. The second-order valence-corrected chi connectivity index (χ2v) is 7.57. The van der Waals surface area contributed by atoms with Crippen LogP contribution in [0.15, 0.2) is 0 Å². The Morgan fingerprint density at radius 2 is 1.91 bits per heavy atom. The van der Waals surface area contributed by atoms with E-state index in [1.54, 1.807) is 0 Å². The summed E-state index contributed by atoms with van der Waals surface area (Å²) in [5.74, 6) is 0.544. The van der Waals surface area contributed by atoms with Crippen molar-refractivity contribution in [1.82, 2.24) is 9.80 Å². The zero-order valence-corrected chi connectivity index (χ0v) is 14.0. The summed E-state index contributed by atoms with van der Waals surface area (Å²) in [5.41, 5.74) is 5.98. The van der Waals surface area contributed by atoms with Crippen molar-refractivity contribution in [2.45, 2.75) is 70.2 Å². The van der Waals surface area contributed by atoms with Gasteiger partial charge in [-0.25, -0.2) is 0 Å². The van der Waals surface area contributed by atoms with Crippen LogP contribution in [-0.4, -0.2) is 66.2 Å². The third-order valence-electron chi connectivity index (χ3n) is 5.45. The summed E-state index contributed by atoms with van der Waals surface area (Å²) >= 11 is 0. The van der Waals surface area contributed by atoms with Crippen molar-refractivity contribution >= 4 is 5.91 Å². The minimum absolute atomic E-state index is 0.179. The summed E-state index contributed by atoms with van der Waals surface area (Å²) < 4.78 is 5.81. The van der Waals surface area contributed by atoms with Crippen molar-refractivity contribution in [2.24, 2.45) is 11.7 Å². The fourth-order valence-electron chi connectivity index (χ4n) is 4.52. The maximum atomic E-state index is 12.8. The van der Waals surface area contributed by atoms with Crippen LogP contribution < -0.4 is 5.73 Å². The van der Waals surface area contributed by atoms with Crippen LogP contribution in [0, 0.1) is 5.92 Å². The van der Waals surface area contributed by atoms with E-state index in [0.717, 1.165) is 58.3 Å². The molecule has 0 aromatic rings. The molecule has 5 nitrogen and oxygen atoms in total. The molecule has 1 amide bonds. The van der Waals surface area contributed by atoms with Crippen LogP contribution in [-0.2, 0) is 9.53 Å². The van der Waals surface area contributed by atoms with E-state index in [-0.39, 0.29) is 12.0 Å². The number of carbonyl (C=O) groups is 1. The molecule has 126 valence electrons. The third kappa shape index (κ3) is 3.63. The SMILES string of the molecule is CC1CN(CC2CCCN2C(=O)C2CCC(N)C2)CC(C)O1. The molecular formula is C17H31N3O2. The molecule has 3 aliphatic rings. The Bertz CT molecular complexity index is 393. The van der Waals surface area contributed by atoms with Gasteiger partial charge in [0, 0.05) is 44.2 Å². The highest BCUT2D eigenvalue weighted by Gasteiger charge is 2.37. The number of carbonyl (C=O) groups excluding carboxylic acids is 1. The number of rotatable bonds is 3. The monoisotopic (exact) mass is 309 g/mol. The van der Waals surface area contributed by atoms with Crippen LogP contribution in [0.5, 0.6) is 0 Å². The molecule has 5 heteroatoms. The van der Waals surface area contributed by atoms with E-state index in [1.165, 1.54) is 0 Å². The van der Waals surface area contributed by atoms with E-state index >= 15 is 0 Å². The molecule has 2 heterocycles. The lowest BCUT2D eigenvalue weighted by atomic mass is 10.1. The Morgan fingerprint density at radius 3 is 2.55 bits per heavy atom. The Morgan fingerprint density at radius 1 is 1.18 bits per heavy atom. The Hall–Kier alpha value is -0.650. The van der Waals surface area contributed by atoms with E-state index in [4.69, 9.17) is 10.5 Å². The second-order valence-electron chi connectivity index (χ2n) is 7.57. The highest BCUT2D eigenvalue weighted by molar-refractivity contribution is 5.79. The van der Waals surface area contributed by atoms with Gasteiger partial charge >= 0.3 is 0 Å². The second kappa shape index (κ2) is 6.85. The Balaban J connectivity index is 1.57. The highest BCUT2D eigenvalue weighted by Crippen LogP contribution is 2.29. The third-order valence-corrected chi connectivity index (χ3v) is 5.45. The number of amides is 1. The zero-order valence-electron chi connectivity index (χ0n) is 14.0. The summed E-state index contributed by atoms with van der Waals surface area (Å²) in [4.78, 5) is 17.4. The van der Waals surface area contributed by atoms with Gasteiger partial charge in [0.1, 0.15) is 0 Å². The van der Waals surface area contributed by atoms with E-state index in [0.29, 0.717) is 24.2 Å². The molecule has 2 saturated heterocycles. The van der Waals surface area contributed by atoms with Gasteiger partial charge in [0.2, 0.25) is 5.91 Å². The maximum absolute atomic E-state index is 12.8. The van der Waals surface area contributed by atoms with Crippen molar-refractivity contribution in [1.29, 1.82) is 0 Å². The van der Waals surface area contributed by atoms with Crippen molar-refractivity contribution in [3.8, 4) is 0 Å². The van der Waals surface area contributed by atoms with E-state index < -0.39 is 0 Å². The van der Waals surface area contributed by atoms with Gasteiger partial charge in [0.05, 0.1) is 12.2 Å². The van der Waals surface area contributed by atoms with Crippen LogP contribution in [0.2, 0.25) is 0 Å². The minimum Gasteiger partial charge on any atom is -0.373 e. The van der Waals surface area contributed by atoms with E-state index in [2.05, 4.69) is 23.6 Å². The number of hydrogen-bond donors (Lipinski definition) is 1. The summed E-state index contributed by atoms with van der Waals surface area (Å²) in [6.07, 6.45) is 5.75. The molecule has 3 rings (SSSR count).